The van der Waals surface area contributed by atoms with E-state index in [-0.39, 0.29) is 0 Å². The molecular weight excluding hydrogens is 280 g/mol. The fourth-order valence-electron chi connectivity index (χ4n) is 1.54. The molecule has 0 saturated heterocycles. The number of aryl methyl sites for hydroxylation is 1. The van der Waals surface area contributed by atoms with Gasteiger partial charge in [-0.1, -0.05) is 22.0 Å². The van der Waals surface area contributed by atoms with Gasteiger partial charge in [-0.15, -0.1) is 0 Å². The number of rotatable bonds is 3. The van der Waals surface area contributed by atoms with Gasteiger partial charge < -0.3 is 16.0 Å². The molecule has 2 rings (SSSR count). The molecule has 0 atom stereocenters. The molecule has 0 radical (unpaired) electrons. The van der Waals surface area contributed by atoms with E-state index in [1.54, 1.807) is 0 Å². The standard InChI is InChI=1S/C13H12BrN2O/c1-9-2-7-12(13(8-9)16-17)15-11-5-3-10(14)4-6-11/h2-8,15-16H,1H3/q-1. The molecule has 0 fully saturated rings. The van der Waals surface area contributed by atoms with Crippen LogP contribution in [0.2, 0.25) is 0 Å². The average Bonchev–Trinajstić information content (AvgIpc) is 2.34. The minimum Gasteiger partial charge on any atom is -0.761 e. The van der Waals surface area contributed by atoms with Crippen molar-refractivity contribution in [1.29, 1.82) is 0 Å². The normalized spacial score (nSPS) is 10.1. The van der Waals surface area contributed by atoms with E-state index in [0.29, 0.717) is 5.69 Å². The van der Waals surface area contributed by atoms with Crippen LogP contribution in [0.15, 0.2) is 46.9 Å². The summed E-state index contributed by atoms with van der Waals surface area (Å²) >= 11 is 3.38. The summed E-state index contributed by atoms with van der Waals surface area (Å²) in [4.78, 5) is 0. The van der Waals surface area contributed by atoms with Crippen LogP contribution in [0.4, 0.5) is 17.1 Å². The van der Waals surface area contributed by atoms with Gasteiger partial charge in [-0.2, -0.15) is 0 Å². The molecule has 0 amide bonds. The first-order valence-corrected chi connectivity index (χ1v) is 6.00. The molecule has 0 heterocycles. The number of anilines is 3. The molecule has 2 N–H and O–H groups in total. The highest BCUT2D eigenvalue weighted by molar-refractivity contribution is 9.10. The quantitative estimate of drug-likeness (QED) is 0.824. The van der Waals surface area contributed by atoms with E-state index < -0.39 is 0 Å². The van der Waals surface area contributed by atoms with E-state index in [0.717, 1.165) is 21.4 Å². The molecule has 0 aromatic heterocycles. The Morgan fingerprint density at radius 2 is 1.71 bits per heavy atom. The summed E-state index contributed by atoms with van der Waals surface area (Å²) in [6, 6.07) is 13.4. The zero-order chi connectivity index (χ0) is 12.3. The summed E-state index contributed by atoms with van der Waals surface area (Å²) in [6.07, 6.45) is 0. The summed E-state index contributed by atoms with van der Waals surface area (Å²) in [5.41, 5.74) is 5.25. The van der Waals surface area contributed by atoms with E-state index >= 15 is 0 Å². The SMILES string of the molecule is Cc1ccc(Nc2ccc(Br)cc2)c(N[O-])c1. The highest BCUT2D eigenvalue weighted by Gasteiger charge is 2.00. The van der Waals surface area contributed by atoms with Gasteiger partial charge in [-0.25, -0.2) is 0 Å². The number of benzene rings is 2. The number of hydrogen-bond acceptors (Lipinski definition) is 3. The third-order valence-corrected chi connectivity index (χ3v) is 2.94. The molecular formula is C13H12BrN2O-. The molecule has 3 nitrogen and oxygen atoms in total. The van der Waals surface area contributed by atoms with Crippen molar-refractivity contribution < 1.29 is 0 Å². The molecule has 2 aromatic carbocycles. The molecule has 2 aromatic rings. The lowest BCUT2D eigenvalue weighted by Gasteiger charge is -2.17. The first-order valence-electron chi connectivity index (χ1n) is 5.20. The Morgan fingerprint density at radius 1 is 1.00 bits per heavy atom. The van der Waals surface area contributed by atoms with Gasteiger partial charge in [0.1, 0.15) is 0 Å². The smallest absolute Gasteiger partial charge is 0.0612 e. The van der Waals surface area contributed by atoms with Crippen molar-refractivity contribution in [3.63, 3.8) is 0 Å². The molecule has 0 aliphatic carbocycles. The third-order valence-electron chi connectivity index (χ3n) is 2.41. The fraction of sp³-hybridized carbons (Fsp3) is 0.0769. The Bertz CT molecular complexity index is 511. The fourth-order valence-corrected chi connectivity index (χ4v) is 1.80. The summed E-state index contributed by atoms with van der Waals surface area (Å²) in [6.45, 7) is 1.95. The Labute approximate surface area is 109 Å². The van der Waals surface area contributed by atoms with Gasteiger partial charge in [0, 0.05) is 15.8 Å². The highest BCUT2D eigenvalue weighted by Crippen LogP contribution is 2.27. The lowest BCUT2D eigenvalue weighted by atomic mass is 10.2. The molecule has 0 unspecified atom stereocenters. The second-order valence-electron chi connectivity index (χ2n) is 3.78. The third kappa shape index (κ3) is 2.99. The Hall–Kier alpha value is -1.52. The maximum Gasteiger partial charge on any atom is 0.0612 e. The summed E-state index contributed by atoms with van der Waals surface area (Å²) in [5, 5.41) is 14.0. The maximum absolute atomic E-state index is 10.9. The van der Waals surface area contributed by atoms with Crippen molar-refractivity contribution in [3.8, 4) is 0 Å². The van der Waals surface area contributed by atoms with E-state index in [4.69, 9.17) is 0 Å². The Morgan fingerprint density at radius 3 is 2.35 bits per heavy atom. The van der Waals surface area contributed by atoms with Gasteiger partial charge in [0.2, 0.25) is 0 Å². The van der Waals surface area contributed by atoms with E-state index in [1.807, 2.05) is 54.9 Å². The van der Waals surface area contributed by atoms with Crippen molar-refractivity contribution in [2.45, 2.75) is 6.92 Å². The molecule has 0 spiro atoms. The lowest BCUT2D eigenvalue weighted by molar-refractivity contribution is 1.44. The summed E-state index contributed by atoms with van der Waals surface area (Å²) in [7, 11) is 0. The highest BCUT2D eigenvalue weighted by atomic mass is 79.9. The number of halogens is 1. The van der Waals surface area contributed by atoms with Crippen LogP contribution < -0.4 is 10.8 Å². The van der Waals surface area contributed by atoms with Crippen LogP contribution in [-0.2, 0) is 0 Å². The first-order chi connectivity index (χ1) is 8.19. The van der Waals surface area contributed by atoms with Gasteiger partial charge in [0.25, 0.3) is 0 Å². The summed E-state index contributed by atoms with van der Waals surface area (Å²) in [5.74, 6) is 0. The van der Waals surface area contributed by atoms with Crippen LogP contribution in [0.5, 0.6) is 0 Å². The second-order valence-corrected chi connectivity index (χ2v) is 4.70. The second kappa shape index (κ2) is 5.21. The molecule has 17 heavy (non-hydrogen) atoms. The zero-order valence-electron chi connectivity index (χ0n) is 9.33. The van der Waals surface area contributed by atoms with Crippen molar-refractivity contribution in [2.75, 3.05) is 10.8 Å². The van der Waals surface area contributed by atoms with Crippen molar-refractivity contribution in [3.05, 3.63) is 57.7 Å². The summed E-state index contributed by atoms with van der Waals surface area (Å²) < 4.78 is 1.02. The van der Waals surface area contributed by atoms with Crippen molar-refractivity contribution in [2.24, 2.45) is 0 Å². The topological polar surface area (TPSA) is 47.1 Å². The maximum atomic E-state index is 10.9. The van der Waals surface area contributed by atoms with E-state index in [9.17, 15) is 5.21 Å². The van der Waals surface area contributed by atoms with Gasteiger partial charge in [0.15, 0.2) is 0 Å². The van der Waals surface area contributed by atoms with Crippen LogP contribution >= 0.6 is 15.9 Å². The number of hydrogen-bond donors (Lipinski definition) is 2. The van der Waals surface area contributed by atoms with Gasteiger partial charge in [-0.05, 0) is 48.9 Å². The molecule has 0 saturated carbocycles. The largest absolute Gasteiger partial charge is 0.761 e. The van der Waals surface area contributed by atoms with Crippen LogP contribution in [-0.4, -0.2) is 0 Å². The van der Waals surface area contributed by atoms with Gasteiger partial charge in [0.05, 0.1) is 5.69 Å². The zero-order valence-corrected chi connectivity index (χ0v) is 10.9. The van der Waals surface area contributed by atoms with Gasteiger partial charge >= 0.3 is 0 Å². The minimum absolute atomic E-state index is 0.549. The monoisotopic (exact) mass is 291 g/mol. The Balaban J connectivity index is 2.26. The molecule has 0 aliphatic rings. The first kappa shape index (κ1) is 12.0. The minimum atomic E-state index is 0.549. The number of nitrogens with one attached hydrogen (secondary N) is 2. The molecule has 4 heteroatoms. The molecule has 88 valence electrons. The van der Waals surface area contributed by atoms with Crippen LogP contribution in [0.25, 0.3) is 0 Å². The van der Waals surface area contributed by atoms with Gasteiger partial charge in [-0.3, -0.25) is 0 Å². The average molecular weight is 292 g/mol. The van der Waals surface area contributed by atoms with Crippen molar-refractivity contribution in [1.82, 2.24) is 0 Å². The molecule has 0 bridgehead atoms. The Kier molecular flexibility index (Phi) is 3.66. The lowest BCUT2D eigenvalue weighted by Crippen LogP contribution is -1.96. The van der Waals surface area contributed by atoms with Crippen LogP contribution in [0.3, 0.4) is 0 Å². The van der Waals surface area contributed by atoms with Crippen LogP contribution in [0.1, 0.15) is 5.56 Å². The predicted molar refractivity (Wildman–Crippen MR) is 75.6 cm³/mol. The molecule has 0 aliphatic heterocycles. The van der Waals surface area contributed by atoms with Crippen molar-refractivity contribution >= 4 is 33.0 Å². The van der Waals surface area contributed by atoms with Crippen LogP contribution in [0, 0.1) is 12.1 Å². The van der Waals surface area contributed by atoms with E-state index in [2.05, 4.69) is 21.2 Å². The van der Waals surface area contributed by atoms with E-state index in [1.165, 1.54) is 0 Å². The predicted octanol–water partition coefficient (Wildman–Crippen LogP) is 4.41.